The van der Waals surface area contributed by atoms with Crippen molar-refractivity contribution in [1.29, 1.82) is 0 Å². The third-order valence-corrected chi connectivity index (χ3v) is 8.21. The number of azo groups is 1. The fraction of sp³-hybridized carbons (Fsp3) is 0.185. The van der Waals surface area contributed by atoms with Gasteiger partial charge >= 0.3 is 11.9 Å². The van der Waals surface area contributed by atoms with Gasteiger partial charge < -0.3 is 19.5 Å². The zero-order chi connectivity index (χ0) is 28.8. The second-order valence-corrected chi connectivity index (χ2v) is 11.3. The van der Waals surface area contributed by atoms with Gasteiger partial charge in [0.05, 0.1) is 28.6 Å². The molecule has 3 heterocycles. The standard InChI is InChI=1S/C27H21FN4O6S2/c1-27(2)11-13(12-39-18-7-5-4-6-15(18)25(36)37)16-8-14(28)9-17-21(24(35)32(27)22(16)17)30-31-26-29-23(34)19(40-26)10-20(33)38-3/h4-11,35H,12H2,1-3H3,(H,36,37). The molecular weight excluding hydrogens is 559 g/mol. The summed E-state index contributed by atoms with van der Waals surface area (Å²) in [5.41, 5.74) is 1.21. The monoisotopic (exact) mass is 580 g/mol. The van der Waals surface area contributed by atoms with Gasteiger partial charge in [-0.25, -0.2) is 14.0 Å². The molecule has 0 atom stereocenters. The summed E-state index contributed by atoms with van der Waals surface area (Å²) < 4.78 is 21.1. The van der Waals surface area contributed by atoms with Crippen molar-refractivity contribution in [2.45, 2.75) is 24.3 Å². The number of benzene rings is 2. The Morgan fingerprint density at radius 3 is 2.73 bits per heavy atom. The van der Waals surface area contributed by atoms with E-state index in [1.165, 1.54) is 37.1 Å². The van der Waals surface area contributed by atoms with Gasteiger partial charge in [-0.3, -0.25) is 4.79 Å². The number of aromatic carboxylic acids is 1. The predicted molar refractivity (Wildman–Crippen MR) is 150 cm³/mol. The molecule has 1 aromatic heterocycles. The first kappa shape index (κ1) is 27.3. The minimum absolute atomic E-state index is 0.00986. The Bertz CT molecular complexity index is 1740. The van der Waals surface area contributed by atoms with Crippen LogP contribution in [0.25, 0.3) is 16.5 Å². The fourth-order valence-electron chi connectivity index (χ4n) is 4.57. The Hall–Kier alpha value is -4.23. The van der Waals surface area contributed by atoms with E-state index in [1.807, 2.05) is 19.9 Å². The number of aliphatic imine (C=N–C) groups is 1. The molecule has 2 aliphatic rings. The quantitative estimate of drug-likeness (QED) is 0.159. The first-order valence-electron chi connectivity index (χ1n) is 11.8. The number of carbonyl (C=O) groups is 3. The maximum Gasteiger partial charge on any atom is 0.336 e. The van der Waals surface area contributed by atoms with Gasteiger partial charge in [-0.2, -0.15) is 4.99 Å². The molecule has 5 rings (SSSR count). The number of rotatable bonds is 6. The summed E-state index contributed by atoms with van der Waals surface area (Å²) in [7, 11) is 1.18. The van der Waals surface area contributed by atoms with Gasteiger partial charge in [-0.05, 0) is 55.4 Å². The first-order valence-corrected chi connectivity index (χ1v) is 13.6. The second kappa shape index (κ2) is 10.4. The zero-order valence-electron chi connectivity index (χ0n) is 21.3. The van der Waals surface area contributed by atoms with Crippen LogP contribution < -0.4 is 0 Å². The Balaban J connectivity index is 1.53. The molecule has 0 radical (unpaired) electrons. The highest BCUT2D eigenvalue weighted by Gasteiger charge is 2.34. The molecule has 0 fully saturated rings. The summed E-state index contributed by atoms with van der Waals surface area (Å²) in [5.74, 6) is -2.91. The lowest BCUT2D eigenvalue weighted by Gasteiger charge is -2.31. The fourth-order valence-corrected chi connectivity index (χ4v) is 6.30. The number of aromatic hydroxyl groups is 1. The lowest BCUT2D eigenvalue weighted by atomic mass is 9.92. The lowest BCUT2D eigenvalue weighted by Crippen LogP contribution is -2.27. The molecule has 2 N–H and O–H groups in total. The van der Waals surface area contributed by atoms with E-state index in [1.54, 1.807) is 22.8 Å². The van der Waals surface area contributed by atoms with Crippen LogP contribution in [0.4, 0.5) is 10.1 Å². The molecule has 0 spiro atoms. The molecular formula is C27H21FN4O6S2. The number of amidine groups is 1. The molecule has 3 aromatic rings. The highest BCUT2D eigenvalue weighted by Crippen LogP contribution is 2.49. The van der Waals surface area contributed by atoms with E-state index in [9.17, 15) is 29.0 Å². The highest BCUT2D eigenvalue weighted by atomic mass is 32.2. The number of carboxylic acid groups (broad SMARTS) is 1. The number of amides is 1. The van der Waals surface area contributed by atoms with Gasteiger partial charge in [-0.1, -0.05) is 18.2 Å². The number of hydrogen-bond acceptors (Lipinski definition) is 9. The Morgan fingerprint density at radius 1 is 1.25 bits per heavy atom. The average Bonchev–Trinajstić information content (AvgIpc) is 3.39. The Morgan fingerprint density at radius 2 is 2.00 bits per heavy atom. The van der Waals surface area contributed by atoms with E-state index in [-0.39, 0.29) is 27.2 Å². The van der Waals surface area contributed by atoms with E-state index in [0.717, 1.165) is 23.4 Å². The highest BCUT2D eigenvalue weighted by molar-refractivity contribution is 8.18. The van der Waals surface area contributed by atoms with Crippen LogP contribution in [-0.2, 0) is 19.9 Å². The van der Waals surface area contributed by atoms with Crippen molar-refractivity contribution in [3.05, 3.63) is 70.4 Å². The molecule has 2 aromatic carbocycles. The molecule has 0 saturated carbocycles. The largest absolute Gasteiger partial charge is 0.493 e. The second-order valence-electron chi connectivity index (χ2n) is 9.30. The normalized spacial score (nSPS) is 17.0. The number of esters is 1. The first-order chi connectivity index (χ1) is 19.0. The number of thioether (sulfide) groups is 2. The minimum atomic E-state index is -1.04. The topological polar surface area (TPSA) is 143 Å². The maximum atomic E-state index is 14.9. The summed E-state index contributed by atoms with van der Waals surface area (Å²) in [6.07, 6.45) is 2.89. The summed E-state index contributed by atoms with van der Waals surface area (Å²) in [6.45, 7) is 3.74. The molecule has 0 aliphatic carbocycles. The van der Waals surface area contributed by atoms with Gasteiger partial charge in [0.15, 0.2) is 5.69 Å². The molecule has 10 nitrogen and oxygen atoms in total. The van der Waals surface area contributed by atoms with E-state index < -0.39 is 29.2 Å². The minimum Gasteiger partial charge on any atom is -0.493 e. The maximum absolute atomic E-state index is 14.9. The molecule has 13 heteroatoms. The average molecular weight is 581 g/mol. The molecule has 1 amide bonds. The van der Waals surface area contributed by atoms with Crippen molar-refractivity contribution in [2.75, 3.05) is 12.9 Å². The summed E-state index contributed by atoms with van der Waals surface area (Å²) >= 11 is 2.13. The summed E-state index contributed by atoms with van der Waals surface area (Å²) in [5, 5.41) is 29.1. The smallest absolute Gasteiger partial charge is 0.336 e. The van der Waals surface area contributed by atoms with E-state index >= 15 is 0 Å². The number of hydrogen-bond donors (Lipinski definition) is 2. The van der Waals surface area contributed by atoms with Crippen molar-refractivity contribution in [1.82, 2.24) is 4.57 Å². The number of methoxy groups -OCH3 is 1. The predicted octanol–water partition coefficient (Wildman–Crippen LogP) is 5.88. The molecule has 0 saturated heterocycles. The molecule has 40 heavy (non-hydrogen) atoms. The number of allylic oxidation sites excluding steroid dienone is 1. The third kappa shape index (κ3) is 4.93. The molecule has 204 valence electrons. The number of ether oxygens (including phenoxy) is 1. The van der Waals surface area contributed by atoms with E-state index in [0.29, 0.717) is 27.1 Å². The lowest BCUT2D eigenvalue weighted by molar-refractivity contribution is -0.135. The van der Waals surface area contributed by atoms with Gasteiger partial charge in [0, 0.05) is 27.7 Å². The van der Waals surface area contributed by atoms with Crippen LogP contribution in [0.3, 0.4) is 0 Å². The number of aromatic nitrogens is 1. The van der Waals surface area contributed by atoms with Crippen LogP contribution in [-0.4, -0.2) is 50.7 Å². The SMILES string of the molecule is COC(=O)C=C1SC(N=Nc2c(O)n3c4c(cc(F)cc24)C(CSc2ccccc2C(=O)O)=CC3(C)C)=NC1=O. The Kier molecular flexibility index (Phi) is 7.10. The number of halogens is 1. The third-order valence-electron chi connectivity index (χ3n) is 6.22. The van der Waals surface area contributed by atoms with Crippen LogP contribution in [0.15, 0.2) is 73.6 Å². The number of carbonyl (C=O) groups excluding carboxylic acids is 2. The van der Waals surface area contributed by atoms with E-state index in [2.05, 4.69) is 20.0 Å². The molecule has 2 aliphatic heterocycles. The van der Waals surface area contributed by atoms with Gasteiger partial charge in [0.2, 0.25) is 11.0 Å². The van der Waals surface area contributed by atoms with Crippen LogP contribution in [0.1, 0.15) is 29.8 Å². The van der Waals surface area contributed by atoms with Crippen LogP contribution >= 0.6 is 23.5 Å². The zero-order valence-corrected chi connectivity index (χ0v) is 23.0. The van der Waals surface area contributed by atoms with Crippen molar-refractivity contribution in [3.8, 4) is 5.88 Å². The van der Waals surface area contributed by atoms with Crippen LogP contribution in [0.2, 0.25) is 0 Å². The van der Waals surface area contributed by atoms with Gasteiger partial charge in [0.1, 0.15) is 5.82 Å². The Labute approximate surface area is 235 Å². The summed E-state index contributed by atoms with van der Waals surface area (Å²) in [6, 6.07) is 9.26. The van der Waals surface area contributed by atoms with E-state index in [4.69, 9.17) is 0 Å². The number of nitrogens with zero attached hydrogens (tertiary/aromatic N) is 4. The van der Waals surface area contributed by atoms with Crippen molar-refractivity contribution in [3.63, 3.8) is 0 Å². The van der Waals surface area contributed by atoms with Crippen molar-refractivity contribution >= 4 is 68.7 Å². The van der Waals surface area contributed by atoms with Crippen molar-refractivity contribution < 1.29 is 33.7 Å². The molecule has 0 unspecified atom stereocenters. The van der Waals surface area contributed by atoms with Crippen LogP contribution in [0, 0.1) is 5.82 Å². The molecule has 0 bridgehead atoms. The van der Waals surface area contributed by atoms with Crippen molar-refractivity contribution in [2.24, 2.45) is 15.2 Å². The van der Waals surface area contributed by atoms with Gasteiger partial charge in [0.25, 0.3) is 5.91 Å². The van der Waals surface area contributed by atoms with Gasteiger partial charge in [-0.15, -0.1) is 22.0 Å². The van der Waals surface area contributed by atoms with Crippen LogP contribution in [0.5, 0.6) is 5.88 Å². The number of carboxylic acids is 1. The summed E-state index contributed by atoms with van der Waals surface area (Å²) in [4.78, 5) is 39.6.